The van der Waals surface area contributed by atoms with Crippen molar-refractivity contribution in [3.63, 3.8) is 0 Å². The van der Waals surface area contributed by atoms with E-state index in [9.17, 15) is 4.79 Å². The molecule has 0 aliphatic rings. The van der Waals surface area contributed by atoms with Crippen LogP contribution < -0.4 is 0 Å². The molecule has 0 saturated carbocycles. The Balaban J connectivity index is 2.93. The molecule has 1 aromatic rings. The molecule has 11 heavy (non-hydrogen) atoms. The van der Waals surface area contributed by atoms with E-state index in [1.165, 1.54) is 16.7 Å². The average Bonchev–Trinajstić information content (AvgIpc) is 2.36. The highest BCUT2D eigenvalue weighted by atomic mass is 79.9. The third kappa shape index (κ3) is 2.01. The molecule has 1 rings (SSSR count). The standard InChI is InChI=1S/C4HBrN4OS/c5-4-7-2(1-11-4)3(10)8-9-6/h1H. The van der Waals surface area contributed by atoms with Gasteiger partial charge >= 0.3 is 0 Å². The SMILES string of the molecule is [N-]=[N+]=NC(=O)c1csc(Br)n1. The van der Waals surface area contributed by atoms with Crippen LogP contribution >= 0.6 is 27.3 Å². The predicted molar refractivity (Wildman–Crippen MR) is 43.3 cm³/mol. The van der Waals surface area contributed by atoms with E-state index in [0.29, 0.717) is 3.92 Å². The summed E-state index contributed by atoms with van der Waals surface area (Å²) in [7, 11) is 0. The third-order valence-corrected chi connectivity index (χ3v) is 2.20. The molecule has 0 fully saturated rings. The summed E-state index contributed by atoms with van der Waals surface area (Å²) < 4.78 is 0.592. The molecular formula is C4HBrN4OS. The highest BCUT2D eigenvalue weighted by Gasteiger charge is 2.06. The van der Waals surface area contributed by atoms with Crippen LogP contribution in [0.15, 0.2) is 14.4 Å². The molecule has 0 atom stereocenters. The van der Waals surface area contributed by atoms with Gasteiger partial charge in [0.05, 0.1) is 0 Å². The Morgan fingerprint density at radius 1 is 1.91 bits per heavy atom. The Morgan fingerprint density at radius 3 is 3.09 bits per heavy atom. The number of thiazole rings is 1. The van der Waals surface area contributed by atoms with Gasteiger partial charge in [-0.05, 0) is 26.6 Å². The van der Waals surface area contributed by atoms with Crippen molar-refractivity contribution in [3.05, 3.63) is 25.4 Å². The van der Waals surface area contributed by atoms with E-state index in [0.717, 1.165) is 0 Å². The molecule has 0 radical (unpaired) electrons. The second kappa shape index (κ2) is 3.47. The number of nitrogens with zero attached hydrogens (tertiary/aromatic N) is 4. The van der Waals surface area contributed by atoms with Crippen molar-refractivity contribution in [3.8, 4) is 0 Å². The smallest absolute Gasteiger partial charge is 0.268 e. The van der Waals surface area contributed by atoms with Crippen LogP contribution in [0.2, 0.25) is 0 Å². The van der Waals surface area contributed by atoms with Crippen molar-refractivity contribution in [1.29, 1.82) is 0 Å². The van der Waals surface area contributed by atoms with Gasteiger partial charge in [-0.2, -0.15) is 0 Å². The maximum atomic E-state index is 10.8. The zero-order valence-electron chi connectivity index (χ0n) is 5.06. The van der Waals surface area contributed by atoms with Gasteiger partial charge in [-0.25, -0.2) is 4.98 Å². The Morgan fingerprint density at radius 2 is 2.64 bits per heavy atom. The molecule has 0 aromatic carbocycles. The molecule has 0 aliphatic heterocycles. The second-order valence-corrected chi connectivity index (χ2v) is 3.61. The fourth-order valence-electron chi connectivity index (χ4n) is 0.442. The van der Waals surface area contributed by atoms with Crippen molar-refractivity contribution in [2.45, 2.75) is 0 Å². The predicted octanol–water partition coefficient (Wildman–Crippen LogP) is 2.36. The summed E-state index contributed by atoms with van der Waals surface area (Å²) in [5.74, 6) is -0.658. The summed E-state index contributed by atoms with van der Waals surface area (Å²) in [4.78, 5) is 16.9. The zero-order chi connectivity index (χ0) is 8.27. The lowest BCUT2D eigenvalue weighted by Gasteiger charge is -1.80. The highest BCUT2D eigenvalue weighted by Crippen LogP contribution is 2.16. The van der Waals surface area contributed by atoms with E-state index in [4.69, 9.17) is 5.53 Å². The van der Waals surface area contributed by atoms with E-state index in [1.807, 2.05) is 0 Å². The summed E-state index contributed by atoms with van der Waals surface area (Å²) >= 11 is 4.33. The van der Waals surface area contributed by atoms with Crippen molar-refractivity contribution in [2.24, 2.45) is 5.11 Å². The molecule has 7 heteroatoms. The first-order chi connectivity index (χ1) is 5.24. The lowest BCUT2D eigenvalue weighted by atomic mass is 10.5. The monoisotopic (exact) mass is 232 g/mol. The lowest BCUT2D eigenvalue weighted by molar-refractivity contribution is 0.0996. The summed E-state index contributed by atoms with van der Waals surface area (Å²) in [6.07, 6.45) is 0. The van der Waals surface area contributed by atoms with Gasteiger partial charge in [0.25, 0.3) is 5.91 Å². The van der Waals surface area contributed by atoms with Gasteiger partial charge in [0.15, 0.2) is 3.92 Å². The molecular weight excluding hydrogens is 232 g/mol. The number of hydrogen-bond acceptors (Lipinski definition) is 3. The van der Waals surface area contributed by atoms with Crippen LogP contribution in [0.1, 0.15) is 10.5 Å². The number of hydrogen-bond donors (Lipinski definition) is 0. The molecule has 56 valence electrons. The third-order valence-electron chi connectivity index (χ3n) is 0.831. The van der Waals surface area contributed by atoms with Crippen molar-refractivity contribution in [1.82, 2.24) is 4.98 Å². The number of carbonyl (C=O) groups excluding carboxylic acids is 1. The summed E-state index contributed by atoms with van der Waals surface area (Å²) in [5, 5.41) is 4.39. The molecule has 0 saturated heterocycles. The maximum Gasteiger partial charge on any atom is 0.268 e. The van der Waals surface area contributed by atoms with E-state index in [1.54, 1.807) is 0 Å². The molecule has 0 aliphatic carbocycles. The first-order valence-corrected chi connectivity index (χ1v) is 4.12. The molecule has 0 bridgehead atoms. The maximum absolute atomic E-state index is 10.8. The lowest BCUT2D eigenvalue weighted by Crippen LogP contribution is -1.91. The molecule has 1 heterocycles. The van der Waals surface area contributed by atoms with Gasteiger partial charge < -0.3 is 0 Å². The van der Waals surface area contributed by atoms with E-state index in [2.05, 4.69) is 30.9 Å². The van der Waals surface area contributed by atoms with Crippen LogP contribution in [-0.4, -0.2) is 10.9 Å². The largest absolute Gasteiger partial charge is 0.285 e. The number of carbonyl (C=O) groups is 1. The molecule has 0 N–H and O–H groups in total. The second-order valence-electron chi connectivity index (χ2n) is 1.48. The van der Waals surface area contributed by atoms with Crippen LogP contribution in [0.25, 0.3) is 10.4 Å². The molecule has 5 nitrogen and oxygen atoms in total. The van der Waals surface area contributed by atoms with Crippen molar-refractivity contribution < 1.29 is 4.79 Å². The number of aromatic nitrogens is 1. The van der Waals surface area contributed by atoms with E-state index >= 15 is 0 Å². The minimum Gasteiger partial charge on any atom is -0.285 e. The van der Waals surface area contributed by atoms with Gasteiger partial charge in [0, 0.05) is 10.3 Å². The van der Waals surface area contributed by atoms with Crippen LogP contribution in [0, 0.1) is 0 Å². The first kappa shape index (κ1) is 8.19. The van der Waals surface area contributed by atoms with Gasteiger partial charge in [-0.15, -0.1) is 11.3 Å². The Kier molecular flexibility index (Phi) is 2.58. The van der Waals surface area contributed by atoms with Gasteiger partial charge in [0.1, 0.15) is 5.69 Å². The van der Waals surface area contributed by atoms with Crippen molar-refractivity contribution >= 4 is 33.2 Å². The Bertz CT molecular complexity index is 329. The highest BCUT2D eigenvalue weighted by molar-refractivity contribution is 9.11. The number of azide groups is 1. The van der Waals surface area contributed by atoms with Crippen LogP contribution in [0.4, 0.5) is 0 Å². The van der Waals surface area contributed by atoms with Crippen LogP contribution in [0.3, 0.4) is 0 Å². The van der Waals surface area contributed by atoms with Crippen molar-refractivity contribution in [2.75, 3.05) is 0 Å². The molecule has 0 unspecified atom stereocenters. The average molecular weight is 233 g/mol. The quantitative estimate of drug-likeness (QED) is 0.424. The minimum absolute atomic E-state index is 0.166. The number of rotatable bonds is 1. The summed E-state index contributed by atoms with van der Waals surface area (Å²) in [6, 6.07) is 0. The fourth-order valence-corrected chi connectivity index (χ4v) is 1.43. The van der Waals surface area contributed by atoms with E-state index in [-0.39, 0.29) is 5.69 Å². The molecule has 1 amide bonds. The van der Waals surface area contributed by atoms with Crippen LogP contribution in [0.5, 0.6) is 0 Å². The zero-order valence-corrected chi connectivity index (χ0v) is 7.46. The summed E-state index contributed by atoms with van der Waals surface area (Å²) in [5.41, 5.74) is 8.07. The van der Waals surface area contributed by atoms with Gasteiger partial charge in [-0.3, -0.25) is 4.79 Å². The van der Waals surface area contributed by atoms with E-state index < -0.39 is 5.91 Å². The molecule has 1 aromatic heterocycles. The summed E-state index contributed by atoms with van der Waals surface area (Å²) in [6.45, 7) is 0. The molecule has 0 spiro atoms. The number of amides is 1. The topological polar surface area (TPSA) is 78.7 Å². The van der Waals surface area contributed by atoms with Gasteiger partial charge in [0.2, 0.25) is 0 Å². The Hall–Kier alpha value is -0.910. The van der Waals surface area contributed by atoms with Gasteiger partial charge in [-0.1, -0.05) is 0 Å². The number of halogens is 1. The van der Waals surface area contributed by atoms with Crippen LogP contribution in [-0.2, 0) is 0 Å². The fraction of sp³-hybridized carbons (Fsp3) is 0. The minimum atomic E-state index is -0.658. The first-order valence-electron chi connectivity index (χ1n) is 2.44. The Labute approximate surface area is 73.8 Å². The normalized spacial score (nSPS) is 8.82.